The second-order valence-corrected chi connectivity index (χ2v) is 6.46. The third kappa shape index (κ3) is 4.67. The minimum absolute atomic E-state index is 0.00558. The smallest absolute Gasteiger partial charge is 0.269 e. The molecule has 1 amide bonds. The van der Waals surface area contributed by atoms with E-state index < -0.39 is 4.92 Å². The number of rotatable bonds is 8. The third-order valence-corrected chi connectivity index (χ3v) is 4.61. The number of benzene rings is 2. The highest BCUT2D eigenvalue weighted by atomic mass is 16.6. The summed E-state index contributed by atoms with van der Waals surface area (Å²) in [5.41, 5.74) is 2.84. The molecule has 0 atom stereocenters. The molecule has 0 radical (unpaired) electrons. The van der Waals surface area contributed by atoms with Crippen molar-refractivity contribution in [3.8, 4) is 16.9 Å². The molecule has 150 valence electrons. The molecule has 0 aliphatic rings. The Morgan fingerprint density at radius 2 is 1.86 bits per heavy atom. The molecule has 1 N–H and O–H groups in total. The van der Waals surface area contributed by atoms with Gasteiger partial charge in [-0.25, -0.2) is 4.68 Å². The minimum Gasteiger partial charge on any atom is -0.395 e. The fourth-order valence-corrected chi connectivity index (χ4v) is 3.09. The van der Waals surface area contributed by atoms with Crippen molar-refractivity contribution in [3.63, 3.8) is 0 Å². The average Bonchev–Trinajstić information content (AvgIpc) is 3.16. The number of likely N-dealkylation sites (N-methyl/N-ethyl adjacent to an activating group) is 1. The van der Waals surface area contributed by atoms with E-state index in [1.807, 2.05) is 37.3 Å². The van der Waals surface area contributed by atoms with Gasteiger partial charge in [0.05, 0.1) is 29.3 Å². The maximum absolute atomic E-state index is 12.7. The summed E-state index contributed by atoms with van der Waals surface area (Å²) in [4.78, 5) is 24.8. The first-order chi connectivity index (χ1) is 14.0. The van der Waals surface area contributed by atoms with Crippen LogP contribution in [0.25, 0.3) is 16.9 Å². The van der Waals surface area contributed by atoms with Crippen molar-refractivity contribution in [2.24, 2.45) is 0 Å². The molecule has 0 saturated carbocycles. The van der Waals surface area contributed by atoms with Crippen LogP contribution in [0.2, 0.25) is 0 Å². The SMILES string of the molecule is CCN(CCO)C(=O)Cc1cn(-c2ccccc2)nc1-c1ccc([N+](=O)[O-])cc1. The molecule has 8 heteroatoms. The number of aromatic nitrogens is 2. The summed E-state index contributed by atoms with van der Waals surface area (Å²) in [6.07, 6.45) is 1.92. The number of nitrogens with zero attached hydrogens (tertiary/aromatic N) is 4. The quantitative estimate of drug-likeness (QED) is 0.468. The molecule has 0 bridgehead atoms. The van der Waals surface area contributed by atoms with Crippen LogP contribution in [0, 0.1) is 10.1 Å². The van der Waals surface area contributed by atoms with Crippen LogP contribution in [0.4, 0.5) is 5.69 Å². The van der Waals surface area contributed by atoms with Gasteiger partial charge in [-0.15, -0.1) is 0 Å². The maximum atomic E-state index is 12.7. The summed E-state index contributed by atoms with van der Waals surface area (Å²) >= 11 is 0. The molecule has 8 nitrogen and oxygen atoms in total. The van der Waals surface area contributed by atoms with Crippen molar-refractivity contribution in [1.82, 2.24) is 14.7 Å². The van der Waals surface area contributed by atoms with E-state index in [4.69, 9.17) is 0 Å². The zero-order valence-electron chi connectivity index (χ0n) is 16.1. The Morgan fingerprint density at radius 3 is 2.45 bits per heavy atom. The Labute approximate surface area is 168 Å². The number of para-hydroxylation sites is 1. The van der Waals surface area contributed by atoms with E-state index >= 15 is 0 Å². The Morgan fingerprint density at radius 1 is 1.17 bits per heavy atom. The largest absolute Gasteiger partial charge is 0.395 e. The van der Waals surface area contributed by atoms with Gasteiger partial charge < -0.3 is 10.0 Å². The van der Waals surface area contributed by atoms with Gasteiger partial charge in [-0.1, -0.05) is 18.2 Å². The minimum atomic E-state index is -0.454. The average molecular weight is 394 g/mol. The molecule has 3 aromatic rings. The molecule has 0 aliphatic carbocycles. The standard InChI is InChI=1S/C21H22N4O4/c1-2-23(12-13-26)20(27)14-17-15-24(18-6-4-3-5-7-18)22-21(17)16-8-10-19(11-9-16)25(28)29/h3-11,15,26H,2,12-14H2,1H3. The monoisotopic (exact) mass is 394 g/mol. The zero-order valence-corrected chi connectivity index (χ0v) is 16.1. The van der Waals surface area contributed by atoms with Gasteiger partial charge in [0.25, 0.3) is 5.69 Å². The van der Waals surface area contributed by atoms with Crippen LogP contribution in [-0.4, -0.2) is 50.3 Å². The van der Waals surface area contributed by atoms with Gasteiger partial charge in [0.15, 0.2) is 0 Å². The van der Waals surface area contributed by atoms with Crippen LogP contribution in [0.3, 0.4) is 0 Å². The molecule has 2 aromatic carbocycles. The lowest BCUT2D eigenvalue weighted by molar-refractivity contribution is -0.384. The number of carbonyl (C=O) groups is 1. The van der Waals surface area contributed by atoms with Crippen molar-refractivity contribution in [3.05, 3.63) is 76.5 Å². The first kappa shape index (κ1) is 20.2. The molecule has 0 unspecified atom stereocenters. The number of carbonyl (C=O) groups excluding carboxylic acids is 1. The Bertz CT molecular complexity index is 984. The number of hydrogen-bond acceptors (Lipinski definition) is 5. The molecule has 0 saturated heterocycles. The number of amides is 1. The zero-order chi connectivity index (χ0) is 20.8. The van der Waals surface area contributed by atoms with Crippen molar-refractivity contribution in [1.29, 1.82) is 0 Å². The summed E-state index contributed by atoms with van der Waals surface area (Å²) in [6.45, 7) is 2.53. The van der Waals surface area contributed by atoms with Crippen molar-refractivity contribution in [2.75, 3.05) is 19.7 Å². The van der Waals surface area contributed by atoms with Crippen LogP contribution < -0.4 is 0 Å². The normalized spacial score (nSPS) is 10.7. The lowest BCUT2D eigenvalue weighted by Gasteiger charge is -2.19. The van der Waals surface area contributed by atoms with Crippen LogP contribution >= 0.6 is 0 Å². The lowest BCUT2D eigenvalue weighted by Crippen LogP contribution is -2.34. The van der Waals surface area contributed by atoms with Crippen molar-refractivity contribution in [2.45, 2.75) is 13.3 Å². The summed E-state index contributed by atoms with van der Waals surface area (Å²) in [6, 6.07) is 15.6. The second-order valence-electron chi connectivity index (χ2n) is 6.46. The highest BCUT2D eigenvalue weighted by molar-refractivity contribution is 5.81. The topological polar surface area (TPSA) is 102 Å². The highest BCUT2D eigenvalue weighted by Gasteiger charge is 2.19. The summed E-state index contributed by atoms with van der Waals surface area (Å²) in [5, 5.41) is 24.7. The van der Waals surface area contributed by atoms with E-state index in [2.05, 4.69) is 5.10 Å². The predicted octanol–water partition coefficient (Wildman–Crippen LogP) is 2.83. The van der Waals surface area contributed by atoms with Crippen molar-refractivity contribution < 1.29 is 14.8 Å². The fraction of sp³-hybridized carbons (Fsp3) is 0.238. The molecule has 0 aliphatic heterocycles. The lowest BCUT2D eigenvalue weighted by atomic mass is 10.1. The second kappa shape index (κ2) is 9.11. The van der Waals surface area contributed by atoms with Crippen LogP contribution in [0.5, 0.6) is 0 Å². The Hall–Kier alpha value is -3.52. The summed E-state index contributed by atoms with van der Waals surface area (Å²) in [5.74, 6) is -0.114. The van der Waals surface area contributed by atoms with Crippen molar-refractivity contribution >= 4 is 11.6 Å². The predicted molar refractivity (Wildman–Crippen MR) is 109 cm³/mol. The van der Waals surface area contributed by atoms with Crippen LogP contribution in [-0.2, 0) is 11.2 Å². The van der Waals surface area contributed by atoms with Gasteiger partial charge in [0, 0.05) is 42.5 Å². The van der Waals surface area contributed by atoms with E-state index in [1.54, 1.807) is 27.9 Å². The van der Waals surface area contributed by atoms with Gasteiger partial charge in [-0.3, -0.25) is 14.9 Å². The maximum Gasteiger partial charge on any atom is 0.269 e. The first-order valence-electron chi connectivity index (χ1n) is 9.31. The summed E-state index contributed by atoms with van der Waals surface area (Å²) in [7, 11) is 0. The number of non-ortho nitro benzene ring substituents is 1. The molecule has 1 heterocycles. The third-order valence-electron chi connectivity index (χ3n) is 4.61. The molecule has 1 aromatic heterocycles. The highest BCUT2D eigenvalue weighted by Crippen LogP contribution is 2.26. The molecule has 0 spiro atoms. The van der Waals surface area contributed by atoms with E-state index in [9.17, 15) is 20.0 Å². The van der Waals surface area contributed by atoms with Gasteiger partial charge in [0.2, 0.25) is 5.91 Å². The molecular weight excluding hydrogens is 372 g/mol. The molecule has 0 fully saturated rings. The molecule has 29 heavy (non-hydrogen) atoms. The van der Waals surface area contributed by atoms with E-state index in [0.29, 0.717) is 23.4 Å². The van der Waals surface area contributed by atoms with Crippen LogP contribution in [0.1, 0.15) is 12.5 Å². The Balaban J connectivity index is 2.00. The molecular formula is C21H22N4O4. The number of aliphatic hydroxyl groups is 1. The van der Waals surface area contributed by atoms with Crippen LogP contribution in [0.15, 0.2) is 60.8 Å². The Kier molecular flexibility index (Phi) is 6.36. The fourth-order valence-electron chi connectivity index (χ4n) is 3.09. The summed E-state index contributed by atoms with van der Waals surface area (Å²) < 4.78 is 1.70. The first-order valence-corrected chi connectivity index (χ1v) is 9.31. The van der Waals surface area contributed by atoms with Gasteiger partial charge >= 0.3 is 0 Å². The number of nitro benzene ring substituents is 1. The number of aliphatic hydroxyl groups excluding tert-OH is 1. The number of nitro groups is 1. The van der Waals surface area contributed by atoms with Gasteiger partial charge in [0.1, 0.15) is 0 Å². The van der Waals surface area contributed by atoms with E-state index in [-0.39, 0.29) is 31.2 Å². The van der Waals surface area contributed by atoms with E-state index in [1.165, 1.54) is 12.1 Å². The molecule has 3 rings (SSSR count). The number of hydrogen-bond donors (Lipinski definition) is 1. The van der Waals surface area contributed by atoms with Gasteiger partial charge in [-0.05, 0) is 31.2 Å². The van der Waals surface area contributed by atoms with E-state index in [0.717, 1.165) is 5.69 Å². The van der Waals surface area contributed by atoms with Gasteiger partial charge in [-0.2, -0.15) is 5.10 Å².